The van der Waals surface area contributed by atoms with Gasteiger partial charge in [-0.05, 0) is 42.7 Å². The van der Waals surface area contributed by atoms with Crippen molar-refractivity contribution in [2.45, 2.75) is 32.2 Å². The second kappa shape index (κ2) is 9.96. The molecule has 160 valence electrons. The van der Waals surface area contributed by atoms with Crippen molar-refractivity contribution >= 4 is 17.3 Å². The number of amides is 1. The summed E-state index contributed by atoms with van der Waals surface area (Å²) < 4.78 is 10.5. The molecule has 8 nitrogen and oxygen atoms in total. The maximum absolute atomic E-state index is 12.6. The van der Waals surface area contributed by atoms with E-state index in [4.69, 9.17) is 9.47 Å². The van der Waals surface area contributed by atoms with Gasteiger partial charge in [0.25, 0.3) is 11.6 Å². The van der Waals surface area contributed by atoms with Crippen LogP contribution < -0.4 is 19.7 Å². The molecular weight excluding hydrogens is 386 g/mol. The van der Waals surface area contributed by atoms with Crippen LogP contribution in [0.5, 0.6) is 11.5 Å². The van der Waals surface area contributed by atoms with E-state index >= 15 is 0 Å². The lowest BCUT2D eigenvalue weighted by atomic mass is 10.1. The molecule has 8 heteroatoms. The third-order valence-electron chi connectivity index (χ3n) is 5.28. The number of nitrogens with zero attached hydrogens (tertiary/aromatic N) is 2. The SMILES string of the molecule is COc1ccc(CNC(=O)c2ccc(N3CCCCCC3)c([N+](=O)[O-])c2)cc1OC. The standard InChI is InChI=1S/C22H27N3O5/c1-29-20-10-7-16(13-21(20)30-2)15-23-22(26)17-8-9-18(19(14-17)25(27)28)24-11-5-3-4-6-12-24/h7-10,13-14H,3-6,11-12,15H2,1-2H3,(H,23,26). The smallest absolute Gasteiger partial charge is 0.293 e. The van der Waals surface area contributed by atoms with E-state index in [-0.39, 0.29) is 23.7 Å². The fourth-order valence-corrected chi connectivity index (χ4v) is 3.66. The molecule has 2 aromatic rings. The fourth-order valence-electron chi connectivity index (χ4n) is 3.66. The largest absolute Gasteiger partial charge is 0.493 e. The highest BCUT2D eigenvalue weighted by molar-refractivity contribution is 5.95. The van der Waals surface area contributed by atoms with Gasteiger partial charge in [0.05, 0.1) is 19.1 Å². The molecule has 1 amide bonds. The molecule has 0 spiro atoms. The van der Waals surface area contributed by atoms with Crippen LogP contribution in [0.4, 0.5) is 11.4 Å². The topological polar surface area (TPSA) is 93.9 Å². The molecule has 0 bridgehead atoms. The van der Waals surface area contributed by atoms with E-state index in [0.29, 0.717) is 17.2 Å². The van der Waals surface area contributed by atoms with Crippen molar-refractivity contribution < 1.29 is 19.2 Å². The maximum Gasteiger partial charge on any atom is 0.293 e. The van der Waals surface area contributed by atoms with Crippen molar-refractivity contribution in [1.29, 1.82) is 0 Å². The Morgan fingerprint density at radius 3 is 2.37 bits per heavy atom. The van der Waals surface area contributed by atoms with Crippen molar-refractivity contribution in [2.75, 3.05) is 32.2 Å². The number of nitro groups is 1. The average molecular weight is 413 g/mol. The molecule has 1 saturated heterocycles. The van der Waals surface area contributed by atoms with Crippen LogP contribution in [0.2, 0.25) is 0 Å². The zero-order valence-corrected chi connectivity index (χ0v) is 17.3. The predicted octanol–water partition coefficient (Wildman–Crippen LogP) is 3.92. The summed E-state index contributed by atoms with van der Waals surface area (Å²) in [6, 6.07) is 10.1. The van der Waals surface area contributed by atoms with E-state index < -0.39 is 4.92 Å². The highest BCUT2D eigenvalue weighted by atomic mass is 16.6. The lowest BCUT2D eigenvalue weighted by Gasteiger charge is -2.22. The molecule has 1 N–H and O–H groups in total. The van der Waals surface area contributed by atoms with Crippen LogP contribution >= 0.6 is 0 Å². The van der Waals surface area contributed by atoms with Crippen LogP contribution in [-0.2, 0) is 6.54 Å². The maximum atomic E-state index is 12.6. The van der Waals surface area contributed by atoms with Crippen LogP contribution in [0.25, 0.3) is 0 Å². The lowest BCUT2D eigenvalue weighted by molar-refractivity contribution is -0.384. The van der Waals surface area contributed by atoms with E-state index in [2.05, 4.69) is 10.2 Å². The summed E-state index contributed by atoms with van der Waals surface area (Å²) in [5.74, 6) is 0.810. The van der Waals surface area contributed by atoms with Gasteiger partial charge < -0.3 is 19.7 Å². The molecule has 0 radical (unpaired) electrons. The van der Waals surface area contributed by atoms with Crippen molar-refractivity contribution in [1.82, 2.24) is 5.32 Å². The van der Waals surface area contributed by atoms with Gasteiger partial charge in [0.1, 0.15) is 5.69 Å². The zero-order valence-electron chi connectivity index (χ0n) is 17.3. The Balaban J connectivity index is 1.74. The molecule has 0 saturated carbocycles. The number of rotatable bonds is 7. The highest BCUT2D eigenvalue weighted by Gasteiger charge is 2.22. The molecule has 0 aromatic heterocycles. The zero-order chi connectivity index (χ0) is 21.5. The summed E-state index contributed by atoms with van der Waals surface area (Å²) in [7, 11) is 3.10. The summed E-state index contributed by atoms with van der Waals surface area (Å²) in [5.41, 5.74) is 1.64. The van der Waals surface area contributed by atoms with Crippen molar-refractivity contribution in [3.63, 3.8) is 0 Å². The summed E-state index contributed by atoms with van der Waals surface area (Å²) >= 11 is 0. The molecule has 2 aromatic carbocycles. The summed E-state index contributed by atoms with van der Waals surface area (Å²) in [5, 5.41) is 14.5. The van der Waals surface area contributed by atoms with E-state index in [1.54, 1.807) is 38.5 Å². The minimum Gasteiger partial charge on any atom is -0.493 e. The highest BCUT2D eigenvalue weighted by Crippen LogP contribution is 2.31. The first-order valence-corrected chi connectivity index (χ1v) is 10.1. The van der Waals surface area contributed by atoms with Crippen LogP contribution in [-0.4, -0.2) is 38.1 Å². The molecule has 1 heterocycles. The Hall–Kier alpha value is -3.29. The second-order valence-electron chi connectivity index (χ2n) is 7.23. The Labute approximate surface area is 175 Å². The summed E-state index contributed by atoms with van der Waals surface area (Å²) in [6.45, 7) is 1.86. The number of carbonyl (C=O) groups is 1. The number of anilines is 1. The Bertz CT molecular complexity index is 908. The summed E-state index contributed by atoms with van der Waals surface area (Å²) in [6.07, 6.45) is 4.32. The van der Waals surface area contributed by atoms with Gasteiger partial charge in [-0.25, -0.2) is 0 Å². The monoisotopic (exact) mass is 413 g/mol. The number of carbonyl (C=O) groups excluding carboxylic acids is 1. The Kier molecular flexibility index (Phi) is 7.11. The van der Waals surface area contributed by atoms with Gasteiger partial charge in [0, 0.05) is 31.3 Å². The summed E-state index contributed by atoms with van der Waals surface area (Å²) in [4.78, 5) is 25.9. The van der Waals surface area contributed by atoms with Gasteiger partial charge in [-0.2, -0.15) is 0 Å². The van der Waals surface area contributed by atoms with E-state index in [9.17, 15) is 14.9 Å². The van der Waals surface area contributed by atoms with E-state index in [1.807, 2.05) is 6.07 Å². The van der Waals surface area contributed by atoms with Crippen molar-refractivity contribution in [2.24, 2.45) is 0 Å². The first-order chi connectivity index (χ1) is 14.5. The Morgan fingerprint density at radius 2 is 1.73 bits per heavy atom. The van der Waals surface area contributed by atoms with Crippen LogP contribution in [0.15, 0.2) is 36.4 Å². The van der Waals surface area contributed by atoms with Gasteiger partial charge >= 0.3 is 0 Å². The molecular formula is C22H27N3O5. The van der Waals surface area contributed by atoms with Crippen LogP contribution in [0.3, 0.4) is 0 Å². The Morgan fingerprint density at radius 1 is 1.03 bits per heavy atom. The number of methoxy groups -OCH3 is 2. The van der Waals surface area contributed by atoms with Gasteiger partial charge in [-0.15, -0.1) is 0 Å². The van der Waals surface area contributed by atoms with E-state index in [1.165, 1.54) is 6.07 Å². The molecule has 0 atom stereocenters. The van der Waals surface area contributed by atoms with Crippen molar-refractivity contribution in [3.05, 3.63) is 57.6 Å². The number of hydrogen-bond acceptors (Lipinski definition) is 6. The lowest BCUT2D eigenvalue weighted by Crippen LogP contribution is -2.26. The van der Waals surface area contributed by atoms with Crippen molar-refractivity contribution in [3.8, 4) is 11.5 Å². The number of nitro benzene ring substituents is 1. The molecule has 1 fully saturated rings. The third-order valence-corrected chi connectivity index (χ3v) is 5.28. The average Bonchev–Trinajstić information content (AvgIpc) is 3.06. The van der Waals surface area contributed by atoms with Crippen LogP contribution in [0, 0.1) is 10.1 Å². The molecule has 0 unspecified atom stereocenters. The molecule has 0 aliphatic carbocycles. The normalized spacial score (nSPS) is 14.0. The minimum atomic E-state index is -0.411. The number of ether oxygens (including phenoxy) is 2. The fraction of sp³-hybridized carbons (Fsp3) is 0.409. The quantitative estimate of drug-likeness (QED) is 0.546. The number of nitrogens with one attached hydrogen (secondary N) is 1. The van der Waals surface area contributed by atoms with Gasteiger partial charge in [-0.3, -0.25) is 14.9 Å². The second-order valence-corrected chi connectivity index (χ2v) is 7.23. The number of hydrogen-bond donors (Lipinski definition) is 1. The molecule has 30 heavy (non-hydrogen) atoms. The molecule has 3 rings (SSSR count). The van der Waals surface area contributed by atoms with Gasteiger partial charge in [-0.1, -0.05) is 18.9 Å². The van der Waals surface area contributed by atoms with Gasteiger partial charge in [0.2, 0.25) is 0 Å². The van der Waals surface area contributed by atoms with Gasteiger partial charge in [0.15, 0.2) is 11.5 Å². The minimum absolute atomic E-state index is 0.0318. The first-order valence-electron chi connectivity index (χ1n) is 10.1. The predicted molar refractivity (Wildman–Crippen MR) is 114 cm³/mol. The molecule has 1 aliphatic rings. The van der Waals surface area contributed by atoms with Crippen LogP contribution in [0.1, 0.15) is 41.6 Å². The van der Waals surface area contributed by atoms with E-state index in [0.717, 1.165) is 44.3 Å². The third kappa shape index (κ3) is 5.00. The number of benzene rings is 2. The first kappa shape index (κ1) is 21.4. The molecule has 1 aliphatic heterocycles.